The quantitative estimate of drug-likeness (QED) is 0.470. The summed E-state index contributed by atoms with van der Waals surface area (Å²) >= 11 is 1.43. The van der Waals surface area contributed by atoms with E-state index >= 15 is 0 Å². The van der Waals surface area contributed by atoms with Gasteiger partial charge < -0.3 is 24.4 Å². The van der Waals surface area contributed by atoms with Crippen LogP contribution in [0, 0.1) is 0 Å². The molecule has 0 saturated heterocycles. The number of aliphatic imine (C=N–C) groups is 1. The summed E-state index contributed by atoms with van der Waals surface area (Å²) in [6.45, 7) is 5.83. The fraction of sp³-hybridized carbons (Fsp3) is 0.321. The third-order valence-electron chi connectivity index (χ3n) is 5.87. The van der Waals surface area contributed by atoms with Crippen molar-refractivity contribution in [2.24, 2.45) is 4.99 Å². The Kier molecular flexibility index (Phi) is 8.23. The highest BCUT2D eigenvalue weighted by Crippen LogP contribution is 2.48. The van der Waals surface area contributed by atoms with Gasteiger partial charge in [-0.15, -0.1) is 0 Å². The molecule has 2 aromatic carbocycles. The van der Waals surface area contributed by atoms with Gasteiger partial charge in [0.15, 0.2) is 16.7 Å². The molecule has 0 saturated carbocycles. The first-order chi connectivity index (χ1) is 17.9. The maximum atomic E-state index is 13.6. The number of hydrogen-bond acceptors (Lipinski definition) is 8. The lowest BCUT2D eigenvalue weighted by Crippen LogP contribution is -2.38. The molecule has 2 aromatic rings. The first kappa shape index (κ1) is 26.3. The number of fused-ring (bicyclic) bond motifs is 1. The lowest BCUT2D eigenvalue weighted by Gasteiger charge is -2.37. The molecule has 4 rings (SSSR count). The molecule has 2 heterocycles. The van der Waals surface area contributed by atoms with Crippen LogP contribution < -0.4 is 14.8 Å². The number of carbonyl (C=O) groups excluding carboxylic acids is 2. The van der Waals surface area contributed by atoms with Crippen molar-refractivity contribution in [2.75, 3.05) is 20.8 Å². The first-order valence-electron chi connectivity index (χ1n) is 12.1. The van der Waals surface area contributed by atoms with Crippen LogP contribution in [0.3, 0.4) is 0 Å². The Bertz CT molecular complexity index is 1270. The second-order valence-corrected chi connectivity index (χ2v) is 9.59. The Morgan fingerprint density at radius 2 is 1.81 bits per heavy atom. The number of hydrogen-bond donors (Lipinski definition) is 1. The average Bonchev–Trinajstić information content (AvgIpc) is 3.29. The predicted molar refractivity (Wildman–Crippen MR) is 145 cm³/mol. The number of nitrogens with zero attached hydrogens (tertiary/aromatic N) is 2. The van der Waals surface area contributed by atoms with Crippen LogP contribution in [0.25, 0.3) is 5.70 Å². The van der Waals surface area contributed by atoms with Crippen LogP contribution >= 0.6 is 11.8 Å². The van der Waals surface area contributed by atoms with Crippen molar-refractivity contribution >= 4 is 34.5 Å². The fourth-order valence-corrected chi connectivity index (χ4v) is 5.28. The lowest BCUT2D eigenvalue weighted by molar-refractivity contribution is -0.139. The van der Waals surface area contributed by atoms with Crippen molar-refractivity contribution < 1.29 is 23.8 Å². The van der Waals surface area contributed by atoms with Crippen LogP contribution in [0.15, 0.2) is 70.2 Å². The van der Waals surface area contributed by atoms with Crippen molar-refractivity contribution in [3.05, 3.63) is 76.3 Å². The van der Waals surface area contributed by atoms with Crippen LogP contribution in [0.4, 0.5) is 0 Å². The first-order valence-corrected chi connectivity index (χ1v) is 13.0. The van der Waals surface area contributed by atoms with E-state index in [0.29, 0.717) is 27.9 Å². The number of amides is 1. The monoisotopic (exact) mass is 521 g/mol. The van der Waals surface area contributed by atoms with E-state index in [1.807, 2.05) is 72.7 Å². The maximum Gasteiger partial charge on any atom is 0.338 e. The number of methoxy groups -OCH3 is 2. The van der Waals surface area contributed by atoms with Crippen molar-refractivity contribution in [1.29, 1.82) is 0 Å². The number of ether oxygens (including phenoxy) is 3. The van der Waals surface area contributed by atoms with Crippen molar-refractivity contribution in [3.8, 4) is 11.5 Å². The van der Waals surface area contributed by atoms with Crippen molar-refractivity contribution in [3.63, 3.8) is 0 Å². The number of thioether (sulfide) groups is 1. The molecule has 0 fully saturated rings. The van der Waals surface area contributed by atoms with E-state index in [-0.39, 0.29) is 25.0 Å². The average molecular weight is 522 g/mol. The normalized spacial score (nSPS) is 16.7. The highest BCUT2D eigenvalue weighted by Gasteiger charge is 2.42. The Morgan fingerprint density at radius 3 is 2.46 bits per heavy atom. The largest absolute Gasteiger partial charge is 0.493 e. The summed E-state index contributed by atoms with van der Waals surface area (Å²) < 4.78 is 16.6. The van der Waals surface area contributed by atoms with Gasteiger partial charge in [-0.25, -0.2) is 9.79 Å². The summed E-state index contributed by atoms with van der Waals surface area (Å²) in [4.78, 5) is 33.2. The summed E-state index contributed by atoms with van der Waals surface area (Å²) in [7, 11) is 3.14. The van der Waals surface area contributed by atoms with E-state index in [9.17, 15) is 9.59 Å². The molecule has 0 unspecified atom stereocenters. The summed E-state index contributed by atoms with van der Waals surface area (Å²) in [6, 6.07) is 14.5. The molecule has 1 amide bonds. The van der Waals surface area contributed by atoms with Gasteiger partial charge in [0.1, 0.15) is 0 Å². The Hall–Kier alpha value is -3.72. The molecule has 1 N–H and O–H groups in total. The lowest BCUT2D eigenvalue weighted by atomic mass is 9.91. The molecular formula is C28H31N3O5S. The van der Waals surface area contributed by atoms with Gasteiger partial charge in [0.25, 0.3) is 0 Å². The van der Waals surface area contributed by atoms with E-state index in [1.165, 1.54) is 11.8 Å². The number of esters is 1. The van der Waals surface area contributed by atoms with Gasteiger partial charge in [-0.05, 0) is 43.9 Å². The van der Waals surface area contributed by atoms with E-state index in [1.54, 1.807) is 21.1 Å². The molecule has 9 heteroatoms. The second kappa shape index (κ2) is 11.6. The molecule has 37 heavy (non-hydrogen) atoms. The zero-order chi connectivity index (χ0) is 26.5. The highest BCUT2D eigenvalue weighted by molar-refractivity contribution is 8.16. The molecule has 8 nitrogen and oxygen atoms in total. The molecule has 194 valence electrons. The Labute approximate surface area is 221 Å². The van der Waals surface area contributed by atoms with Gasteiger partial charge in [-0.2, -0.15) is 0 Å². The fourth-order valence-electron chi connectivity index (χ4n) is 4.36. The smallest absolute Gasteiger partial charge is 0.338 e. The van der Waals surface area contributed by atoms with Gasteiger partial charge in [0, 0.05) is 17.3 Å². The maximum absolute atomic E-state index is 13.6. The summed E-state index contributed by atoms with van der Waals surface area (Å²) in [5, 5.41) is 5.55. The van der Waals surface area contributed by atoms with E-state index in [0.717, 1.165) is 16.8 Å². The number of carbonyl (C=O) groups is 2. The molecule has 0 radical (unpaired) electrons. The summed E-state index contributed by atoms with van der Waals surface area (Å²) in [6.07, 6.45) is 0.144. The van der Waals surface area contributed by atoms with E-state index in [2.05, 4.69) is 5.32 Å². The molecule has 0 aromatic heterocycles. The van der Waals surface area contributed by atoms with Gasteiger partial charge in [0.2, 0.25) is 5.91 Å². The zero-order valence-electron chi connectivity index (χ0n) is 21.6. The van der Waals surface area contributed by atoms with Gasteiger partial charge in [-0.1, -0.05) is 48.2 Å². The van der Waals surface area contributed by atoms with Gasteiger partial charge >= 0.3 is 5.97 Å². The molecule has 2 aliphatic heterocycles. The number of benzene rings is 2. The van der Waals surface area contributed by atoms with E-state index < -0.39 is 12.0 Å². The number of nitrogens with one attached hydrogen (secondary N) is 1. The predicted octanol–water partition coefficient (Wildman–Crippen LogP) is 4.89. The summed E-state index contributed by atoms with van der Waals surface area (Å²) in [5.41, 5.74) is 3.25. The minimum Gasteiger partial charge on any atom is -0.493 e. The molecule has 0 aliphatic carbocycles. The molecule has 2 aliphatic rings. The van der Waals surface area contributed by atoms with Crippen LogP contribution in [0.5, 0.6) is 11.5 Å². The third kappa shape index (κ3) is 5.51. The molecular weight excluding hydrogens is 490 g/mol. The van der Waals surface area contributed by atoms with Crippen LogP contribution in [0.1, 0.15) is 44.4 Å². The van der Waals surface area contributed by atoms with Crippen molar-refractivity contribution in [2.45, 2.75) is 39.3 Å². The summed E-state index contributed by atoms with van der Waals surface area (Å²) in [5.74, 6) is 0.531. The molecule has 0 bridgehead atoms. The standard InChI is InChI=1S/C28H31N3O5S/c1-6-36-27(33)24-25(18-10-8-7-9-11-18)30-28-31(20(16-37-28)15-23(32)29-17(2)3)26(24)19-12-13-21(34-4)22(14-19)35-5/h7-14,16-17,26H,6,15H2,1-5H3,(H,29,32)/t26-/m1/s1. The third-order valence-corrected chi connectivity index (χ3v) is 6.76. The Balaban J connectivity index is 1.91. The van der Waals surface area contributed by atoms with Gasteiger partial charge in [-0.3, -0.25) is 4.79 Å². The SMILES string of the molecule is CCOC(=O)C1=C(c2ccccc2)N=C2SC=C(CC(=O)NC(C)C)N2[C@@H]1c1ccc(OC)c(OC)c1. The van der Waals surface area contributed by atoms with E-state index in [4.69, 9.17) is 19.2 Å². The van der Waals surface area contributed by atoms with Crippen LogP contribution in [0.2, 0.25) is 0 Å². The molecule has 0 spiro atoms. The van der Waals surface area contributed by atoms with Crippen molar-refractivity contribution in [1.82, 2.24) is 10.2 Å². The topological polar surface area (TPSA) is 89.5 Å². The Morgan fingerprint density at radius 1 is 1.08 bits per heavy atom. The molecule has 1 atom stereocenters. The highest BCUT2D eigenvalue weighted by atomic mass is 32.2. The number of rotatable bonds is 9. The number of amidine groups is 1. The minimum atomic E-state index is -0.602. The van der Waals surface area contributed by atoms with Crippen LogP contribution in [-0.2, 0) is 14.3 Å². The van der Waals surface area contributed by atoms with Gasteiger partial charge in [0.05, 0.1) is 44.6 Å². The minimum absolute atomic E-state index is 0.0120. The van der Waals surface area contributed by atoms with Crippen LogP contribution in [-0.4, -0.2) is 48.8 Å². The zero-order valence-corrected chi connectivity index (χ0v) is 22.4. The second-order valence-electron chi connectivity index (χ2n) is 8.76.